The van der Waals surface area contributed by atoms with Crippen molar-refractivity contribution in [3.05, 3.63) is 0 Å². The van der Waals surface area contributed by atoms with E-state index in [2.05, 4.69) is 26.1 Å². The molecule has 0 heterocycles. The second-order valence-electron chi connectivity index (χ2n) is 13.2. The highest BCUT2D eigenvalue weighted by Crippen LogP contribution is 2.68. The number of carbonyl (C=O) groups excluding carboxylic acids is 1. The average Bonchev–Trinajstić information content (AvgIpc) is 3.16. The first kappa shape index (κ1) is 26.9. The van der Waals surface area contributed by atoms with Crippen molar-refractivity contribution in [3.8, 4) is 0 Å². The molecule has 4 fully saturated rings. The number of amides is 1. The third-order valence-corrected chi connectivity index (χ3v) is 11.4. The molecule has 0 aromatic rings. The van der Waals surface area contributed by atoms with E-state index in [1.807, 2.05) is 0 Å². The van der Waals surface area contributed by atoms with E-state index >= 15 is 0 Å². The molecule has 35 heavy (non-hydrogen) atoms. The monoisotopic (exact) mass is 491 g/mol. The maximum atomic E-state index is 12.4. The summed E-state index contributed by atoms with van der Waals surface area (Å²) in [4.78, 5) is 23.0. The molecule has 0 radical (unpaired) electrons. The second-order valence-corrected chi connectivity index (χ2v) is 13.2. The molecule has 0 bridgehead atoms. The molecule has 200 valence electrons. The Morgan fingerprint density at radius 3 is 2.37 bits per heavy atom. The van der Waals surface area contributed by atoms with Crippen LogP contribution in [0.2, 0.25) is 0 Å². The van der Waals surface area contributed by atoms with Gasteiger partial charge in [-0.25, -0.2) is 0 Å². The molecular weight excluding hydrogens is 442 g/mol. The van der Waals surface area contributed by atoms with Crippen molar-refractivity contribution in [2.24, 2.45) is 46.3 Å². The SMILES string of the molecule is C[C@@H](CCC(=O)NCCCCC(=O)O)[C@@H]1CC[C@@H]2[C@H]3C[C@@H](O)[C@H]4C[C@@H](O)CC[C@@]4(C)[C@@H]3CC[C@]21C. The first-order chi connectivity index (χ1) is 16.6. The lowest BCUT2D eigenvalue weighted by Gasteiger charge is -2.62. The quantitative estimate of drug-likeness (QED) is 0.348. The molecule has 6 nitrogen and oxygen atoms in total. The molecule has 6 heteroatoms. The van der Waals surface area contributed by atoms with Crippen molar-refractivity contribution < 1.29 is 24.9 Å². The molecule has 4 rings (SSSR count). The highest BCUT2D eigenvalue weighted by atomic mass is 16.4. The largest absolute Gasteiger partial charge is 0.481 e. The van der Waals surface area contributed by atoms with E-state index in [9.17, 15) is 19.8 Å². The fourth-order valence-electron chi connectivity index (χ4n) is 9.53. The maximum Gasteiger partial charge on any atom is 0.303 e. The van der Waals surface area contributed by atoms with Crippen LogP contribution in [-0.2, 0) is 9.59 Å². The topological polar surface area (TPSA) is 107 Å². The maximum absolute atomic E-state index is 12.4. The molecule has 1 amide bonds. The van der Waals surface area contributed by atoms with Gasteiger partial charge in [0, 0.05) is 19.4 Å². The van der Waals surface area contributed by atoms with E-state index in [1.165, 1.54) is 25.7 Å². The second kappa shape index (κ2) is 10.7. The zero-order valence-electron chi connectivity index (χ0n) is 22.2. The molecule has 4 N–H and O–H groups in total. The highest BCUT2D eigenvalue weighted by Gasteiger charge is 2.62. The zero-order valence-corrected chi connectivity index (χ0v) is 22.2. The smallest absolute Gasteiger partial charge is 0.303 e. The number of rotatable bonds is 9. The van der Waals surface area contributed by atoms with Crippen LogP contribution in [0.4, 0.5) is 0 Å². The number of carbonyl (C=O) groups is 2. The first-order valence-electron chi connectivity index (χ1n) is 14.4. The van der Waals surface area contributed by atoms with Crippen LogP contribution in [0, 0.1) is 46.3 Å². The van der Waals surface area contributed by atoms with E-state index in [1.54, 1.807) is 0 Å². The summed E-state index contributed by atoms with van der Waals surface area (Å²) in [6.45, 7) is 7.82. The van der Waals surface area contributed by atoms with Crippen LogP contribution in [0.3, 0.4) is 0 Å². The summed E-state index contributed by atoms with van der Waals surface area (Å²) in [5, 5.41) is 33.2. The third kappa shape index (κ3) is 5.30. The fourth-order valence-corrected chi connectivity index (χ4v) is 9.53. The minimum absolute atomic E-state index is 0.0874. The molecule has 4 aliphatic rings. The van der Waals surface area contributed by atoms with E-state index in [0.29, 0.717) is 60.8 Å². The van der Waals surface area contributed by atoms with Crippen LogP contribution in [-0.4, -0.2) is 45.9 Å². The number of unbranched alkanes of at least 4 members (excludes halogenated alkanes) is 1. The van der Waals surface area contributed by atoms with E-state index in [-0.39, 0.29) is 35.9 Å². The van der Waals surface area contributed by atoms with Gasteiger partial charge in [0.1, 0.15) is 0 Å². The molecule has 0 spiro atoms. The summed E-state index contributed by atoms with van der Waals surface area (Å²) in [7, 11) is 0. The third-order valence-electron chi connectivity index (χ3n) is 11.4. The Kier molecular flexibility index (Phi) is 8.22. The number of aliphatic hydroxyl groups excluding tert-OH is 2. The predicted molar refractivity (Wildman–Crippen MR) is 136 cm³/mol. The molecule has 0 aromatic heterocycles. The summed E-state index contributed by atoms with van der Waals surface area (Å²) in [6, 6.07) is 0. The van der Waals surface area contributed by atoms with E-state index < -0.39 is 5.97 Å². The summed E-state index contributed by atoms with van der Waals surface area (Å²) < 4.78 is 0. The summed E-state index contributed by atoms with van der Waals surface area (Å²) >= 11 is 0. The molecule has 10 atom stereocenters. The lowest BCUT2D eigenvalue weighted by molar-refractivity contribution is -0.172. The molecule has 4 saturated carbocycles. The predicted octanol–water partition coefficient (Wildman–Crippen LogP) is 4.76. The Morgan fingerprint density at radius 2 is 1.63 bits per heavy atom. The van der Waals surface area contributed by atoms with Crippen LogP contribution >= 0.6 is 0 Å². The van der Waals surface area contributed by atoms with Gasteiger partial charge in [0.25, 0.3) is 0 Å². The summed E-state index contributed by atoms with van der Waals surface area (Å²) in [5.74, 6) is 2.61. The Bertz CT molecular complexity index is 772. The van der Waals surface area contributed by atoms with Crippen molar-refractivity contribution in [2.75, 3.05) is 6.54 Å². The van der Waals surface area contributed by atoms with Crippen LogP contribution < -0.4 is 5.32 Å². The minimum atomic E-state index is -0.781. The summed E-state index contributed by atoms with van der Waals surface area (Å²) in [5.41, 5.74) is 0.458. The molecule has 0 aliphatic heterocycles. The molecule has 4 aliphatic carbocycles. The minimum Gasteiger partial charge on any atom is -0.481 e. The Hall–Kier alpha value is -1.14. The van der Waals surface area contributed by atoms with Gasteiger partial charge >= 0.3 is 5.97 Å². The lowest BCUT2D eigenvalue weighted by atomic mass is 9.44. The zero-order chi connectivity index (χ0) is 25.4. The van der Waals surface area contributed by atoms with Gasteiger partial charge in [-0.2, -0.15) is 0 Å². The van der Waals surface area contributed by atoms with Crippen molar-refractivity contribution in [2.45, 2.75) is 116 Å². The first-order valence-corrected chi connectivity index (χ1v) is 14.4. The molecular formula is C29H49NO5. The van der Waals surface area contributed by atoms with Gasteiger partial charge in [-0.3, -0.25) is 9.59 Å². The van der Waals surface area contributed by atoms with Gasteiger partial charge in [0.15, 0.2) is 0 Å². The number of nitrogens with one attached hydrogen (secondary N) is 1. The Balaban J connectivity index is 1.32. The van der Waals surface area contributed by atoms with E-state index in [4.69, 9.17) is 5.11 Å². The number of aliphatic hydroxyl groups is 2. The van der Waals surface area contributed by atoms with Gasteiger partial charge in [0.2, 0.25) is 5.91 Å². The molecule has 0 aromatic carbocycles. The number of carboxylic acids is 1. The molecule has 0 saturated heterocycles. The van der Waals surface area contributed by atoms with Crippen molar-refractivity contribution in [3.63, 3.8) is 0 Å². The number of hydrogen-bond acceptors (Lipinski definition) is 4. The standard InChI is InChI=1S/C29H49NO5/c1-18(7-10-26(33)30-15-5-4-6-27(34)35)21-8-9-22-20-17-25(32)24-16-19(31)11-13-29(24,3)23(20)12-14-28(21,22)2/h18-25,31-32H,4-17H2,1-3H3,(H,30,33)(H,34,35)/t18-,19-,20+,21-,22+,23+,24+,25+,28-,29-/m0/s1. The van der Waals surface area contributed by atoms with Gasteiger partial charge in [-0.05, 0) is 117 Å². The normalized spacial score (nSPS) is 43.5. The highest BCUT2D eigenvalue weighted by molar-refractivity contribution is 5.75. The van der Waals surface area contributed by atoms with Crippen LogP contribution in [0.5, 0.6) is 0 Å². The van der Waals surface area contributed by atoms with Gasteiger partial charge < -0.3 is 20.6 Å². The van der Waals surface area contributed by atoms with Crippen molar-refractivity contribution in [1.29, 1.82) is 0 Å². The number of fused-ring (bicyclic) bond motifs is 5. The molecule has 0 unspecified atom stereocenters. The van der Waals surface area contributed by atoms with Crippen LogP contribution in [0.15, 0.2) is 0 Å². The Labute approximate surface area is 211 Å². The average molecular weight is 492 g/mol. The van der Waals surface area contributed by atoms with Crippen molar-refractivity contribution >= 4 is 11.9 Å². The van der Waals surface area contributed by atoms with Gasteiger partial charge in [0.05, 0.1) is 12.2 Å². The van der Waals surface area contributed by atoms with Crippen molar-refractivity contribution in [1.82, 2.24) is 5.32 Å². The summed E-state index contributed by atoms with van der Waals surface area (Å²) in [6.07, 6.45) is 11.0. The fraction of sp³-hybridized carbons (Fsp3) is 0.931. The van der Waals surface area contributed by atoms with Gasteiger partial charge in [-0.1, -0.05) is 20.8 Å². The number of hydrogen-bond donors (Lipinski definition) is 4. The number of carboxylic acid groups (broad SMARTS) is 1. The van der Waals surface area contributed by atoms with Crippen LogP contribution in [0.1, 0.15) is 104 Å². The van der Waals surface area contributed by atoms with Gasteiger partial charge in [-0.15, -0.1) is 0 Å². The number of aliphatic carboxylic acids is 1. The Morgan fingerprint density at radius 1 is 0.914 bits per heavy atom. The lowest BCUT2D eigenvalue weighted by Crippen LogP contribution is -2.58. The van der Waals surface area contributed by atoms with E-state index in [0.717, 1.165) is 32.1 Å². The van der Waals surface area contributed by atoms with Crippen LogP contribution in [0.25, 0.3) is 0 Å².